The lowest BCUT2D eigenvalue weighted by atomic mass is 10.1. The lowest BCUT2D eigenvalue weighted by Gasteiger charge is -2.06. The quantitative estimate of drug-likeness (QED) is 0.599. The molecule has 0 bridgehead atoms. The predicted molar refractivity (Wildman–Crippen MR) is 84.0 cm³/mol. The Bertz CT molecular complexity index is 643. The van der Waals surface area contributed by atoms with E-state index in [4.69, 9.17) is 9.47 Å². The molecule has 0 aliphatic carbocycles. The van der Waals surface area contributed by atoms with Crippen LogP contribution in [0.5, 0.6) is 5.75 Å². The first kappa shape index (κ1) is 15.4. The van der Waals surface area contributed by atoms with Gasteiger partial charge in [0.1, 0.15) is 5.75 Å². The fourth-order valence-corrected chi connectivity index (χ4v) is 2.44. The van der Waals surface area contributed by atoms with Gasteiger partial charge in [-0.3, -0.25) is 0 Å². The van der Waals surface area contributed by atoms with Crippen LogP contribution in [-0.2, 0) is 11.8 Å². The third-order valence-corrected chi connectivity index (χ3v) is 3.71. The van der Waals surface area contributed by atoms with Crippen molar-refractivity contribution in [2.45, 2.75) is 33.6 Å². The Morgan fingerprint density at radius 3 is 2.71 bits per heavy atom. The van der Waals surface area contributed by atoms with E-state index in [9.17, 15) is 4.79 Å². The smallest absolute Gasteiger partial charge is 0.340 e. The summed E-state index contributed by atoms with van der Waals surface area (Å²) in [5, 5.41) is 0.891. The van der Waals surface area contributed by atoms with Gasteiger partial charge in [0.25, 0.3) is 0 Å². The zero-order valence-electron chi connectivity index (χ0n) is 13.2. The van der Waals surface area contributed by atoms with Gasteiger partial charge in [-0.25, -0.2) is 4.79 Å². The molecule has 0 atom stereocenters. The van der Waals surface area contributed by atoms with Gasteiger partial charge in [-0.15, -0.1) is 0 Å². The molecule has 0 aliphatic rings. The van der Waals surface area contributed by atoms with E-state index in [1.165, 1.54) is 0 Å². The number of esters is 1. The first-order chi connectivity index (χ1) is 10.1. The summed E-state index contributed by atoms with van der Waals surface area (Å²) >= 11 is 0. The Hall–Kier alpha value is -1.97. The van der Waals surface area contributed by atoms with Crippen molar-refractivity contribution >= 4 is 16.9 Å². The van der Waals surface area contributed by atoms with Crippen LogP contribution in [-0.4, -0.2) is 23.8 Å². The highest BCUT2D eigenvalue weighted by molar-refractivity contribution is 6.06. The maximum Gasteiger partial charge on any atom is 0.340 e. The molecule has 0 saturated carbocycles. The lowest BCUT2D eigenvalue weighted by Crippen LogP contribution is -2.06. The summed E-state index contributed by atoms with van der Waals surface area (Å²) in [6.07, 6.45) is 2.12. The summed E-state index contributed by atoms with van der Waals surface area (Å²) in [5.74, 6) is 0.526. The highest BCUT2D eigenvalue weighted by Gasteiger charge is 2.19. The van der Waals surface area contributed by atoms with E-state index in [2.05, 4.69) is 6.92 Å². The minimum atomic E-state index is -0.272. The number of nitrogens with zero attached hydrogens (tertiary/aromatic N) is 1. The van der Waals surface area contributed by atoms with Gasteiger partial charge < -0.3 is 14.0 Å². The van der Waals surface area contributed by atoms with E-state index in [0.717, 1.165) is 35.2 Å². The van der Waals surface area contributed by atoms with Crippen LogP contribution in [0.25, 0.3) is 10.9 Å². The van der Waals surface area contributed by atoms with Gasteiger partial charge in [0, 0.05) is 23.6 Å². The molecule has 2 aromatic rings. The summed E-state index contributed by atoms with van der Waals surface area (Å²) in [5.41, 5.74) is 2.56. The largest absolute Gasteiger partial charge is 0.494 e. The zero-order chi connectivity index (χ0) is 15.4. The number of hydrogen-bond donors (Lipinski definition) is 0. The Kier molecular flexibility index (Phi) is 4.89. The van der Waals surface area contributed by atoms with Gasteiger partial charge in [0.2, 0.25) is 0 Å². The Morgan fingerprint density at radius 1 is 1.29 bits per heavy atom. The topological polar surface area (TPSA) is 40.5 Å². The number of hydrogen-bond acceptors (Lipinski definition) is 3. The van der Waals surface area contributed by atoms with E-state index in [0.29, 0.717) is 18.8 Å². The maximum atomic E-state index is 12.2. The van der Waals surface area contributed by atoms with Crippen molar-refractivity contribution in [2.75, 3.05) is 13.2 Å². The van der Waals surface area contributed by atoms with E-state index < -0.39 is 0 Å². The van der Waals surface area contributed by atoms with E-state index in [1.54, 1.807) is 0 Å². The summed E-state index contributed by atoms with van der Waals surface area (Å²) in [4.78, 5) is 12.2. The highest BCUT2D eigenvalue weighted by atomic mass is 16.5. The third-order valence-electron chi connectivity index (χ3n) is 3.71. The second-order valence-electron chi connectivity index (χ2n) is 5.12. The standard InChI is InChI=1S/C17H23NO3/c1-5-7-10-21-13-8-9-15-14(11-13)16(12(3)18(15)4)17(19)20-6-2/h8-9,11H,5-7,10H2,1-4H3. The van der Waals surface area contributed by atoms with E-state index >= 15 is 0 Å². The number of fused-ring (bicyclic) bond motifs is 1. The van der Waals surface area contributed by atoms with Gasteiger partial charge in [-0.1, -0.05) is 13.3 Å². The normalized spacial score (nSPS) is 10.9. The van der Waals surface area contributed by atoms with Crippen molar-refractivity contribution in [3.63, 3.8) is 0 Å². The van der Waals surface area contributed by atoms with Crippen LogP contribution in [0.3, 0.4) is 0 Å². The number of carbonyl (C=O) groups is 1. The molecule has 0 radical (unpaired) electrons. The SMILES string of the molecule is CCCCOc1ccc2c(c1)c(C(=O)OCC)c(C)n2C. The summed E-state index contributed by atoms with van der Waals surface area (Å²) in [6, 6.07) is 5.88. The number of benzene rings is 1. The van der Waals surface area contributed by atoms with Crippen LogP contribution in [0.2, 0.25) is 0 Å². The fraction of sp³-hybridized carbons (Fsp3) is 0.471. The Labute approximate surface area is 125 Å². The molecule has 0 fully saturated rings. The molecule has 0 aliphatic heterocycles. The number of aromatic nitrogens is 1. The third kappa shape index (κ3) is 3.04. The minimum absolute atomic E-state index is 0.272. The van der Waals surface area contributed by atoms with Crippen molar-refractivity contribution in [3.8, 4) is 5.75 Å². The number of carbonyl (C=O) groups excluding carboxylic acids is 1. The zero-order valence-corrected chi connectivity index (χ0v) is 13.2. The molecular formula is C17H23NO3. The molecule has 2 rings (SSSR count). The number of rotatable bonds is 6. The Balaban J connectivity index is 2.43. The lowest BCUT2D eigenvalue weighted by molar-refractivity contribution is 0.0527. The van der Waals surface area contributed by atoms with E-state index in [1.807, 2.05) is 43.7 Å². The molecule has 1 aromatic heterocycles. The van der Waals surface area contributed by atoms with Crippen LogP contribution in [0.4, 0.5) is 0 Å². The van der Waals surface area contributed by atoms with Crippen molar-refractivity contribution in [1.82, 2.24) is 4.57 Å². The van der Waals surface area contributed by atoms with Crippen molar-refractivity contribution in [3.05, 3.63) is 29.5 Å². The molecule has 0 spiro atoms. The van der Waals surface area contributed by atoms with Crippen molar-refractivity contribution in [2.24, 2.45) is 7.05 Å². The summed E-state index contributed by atoms with van der Waals surface area (Å²) < 4.78 is 12.9. The molecule has 0 N–H and O–H groups in total. The van der Waals surface area contributed by atoms with Crippen LogP contribution < -0.4 is 4.74 Å². The van der Waals surface area contributed by atoms with Crippen molar-refractivity contribution < 1.29 is 14.3 Å². The monoisotopic (exact) mass is 289 g/mol. The molecule has 0 amide bonds. The molecule has 21 heavy (non-hydrogen) atoms. The summed E-state index contributed by atoms with van der Waals surface area (Å²) in [7, 11) is 1.96. The van der Waals surface area contributed by atoms with Gasteiger partial charge in [0.05, 0.1) is 18.8 Å². The van der Waals surface area contributed by atoms with Crippen LogP contribution in [0.1, 0.15) is 42.7 Å². The second-order valence-corrected chi connectivity index (χ2v) is 5.12. The number of aryl methyl sites for hydroxylation is 1. The molecule has 4 heteroatoms. The first-order valence-electron chi connectivity index (χ1n) is 7.49. The second kappa shape index (κ2) is 6.66. The van der Waals surface area contributed by atoms with Gasteiger partial charge >= 0.3 is 5.97 Å². The van der Waals surface area contributed by atoms with E-state index in [-0.39, 0.29) is 5.97 Å². The maximum absolute atomic E-state index is 12.2. The average Bonchev–Trinajstić information content (AvgIpc) is 2.71. The number of ether oxygens (including phenoxy) is 2. The highest BCUT2D eigenvalue weighted by Crippen LogP contribution is 2.29. The fourth-order valence-electron chi connectivity index (χ4n) is 2.44. The molecule has 0 unspecified atom stereocenters. The summed E-state index contributed by atoms with van der Waals surface area (Å²) in [6.45, 7) is 6.96. The predicted octanol–water partition coefficient (Wildman–Crippen LogP) is 3.84. The van der Waals surface area contributed by atoms with Gasteiger partial charge in [0.15, 0.2) is 0 Å². The molecule has 1 aromatic carbocycles. The molecule has 0 saturated heterocycles. The number of unbranched alkanes of at least 4 members (excludes halogenated alkanes) is 1. The van der Waals surface area contributed by atoms with Gasteiger partial charge in [-0.2, -0.15) is 0 Å². The first-order valence-corrected chi connectivity index (χ1v) is 7.49. The molecule has 4 nitrogen and oxygen atoms in total. The van der Waals surface area contributed by atoms with Gasteiger partial charge in [-0.05, 0) is 38.5 Å². The minimum Gasteiger partial charge on any atom is -0.494 e. The molecule has 114 valence electrons. The van der Waals surface area contributed by atoms with Crippen LogP contribution in [0, 0.1) is 6.92 Å². The van der Waals surface area contributed by atoms with Crippen molar-refractivity contribution in [1.29, 1.82) is 0 Å². The Morgan fingerprint density at radius 2 is 2.05 bits per heavy atom. The molecule has 1 heterocycles. The molecular weight excluding hydrogens is 266 g/mol. The van der Waals surface area contributed by atoms with Crippen LogP contribution >= 0.6 is 0 Å². The van der Waals surface area contributed by atoms with Crippen LogP contribution in [0.15, 0.2) is 18.2 Å². The average molecular weight is 289 g/mol.